The minimum Gasteiger partial charge on any atom is -0.460 e. The maximum atomic E-state index is 12.1. The maximum absolute atomic E-state index is 12.1. The van der Waals surface area contributed by atoms with Crippen LogP contribution in [-0.4, -0.2) is 35.6 Å². The molecule has 0 spiro atoms. The fourth-order valence-electron chi connectivity index (χ4n) is 3.01. The van der Waals surface area contributed by atoms with Crippen LogP contribution >= 0.6 is 0 Å². The molecule has 0 radical (unpaired) electrons. The Morgan fingerprint density at radius 2 is 2.04 bits per heavy atom. The van der Waals surface area contributed by atoms with E-state index in [9.17, 15) is 4.79 Å². The first kappa shape index (κ1) is 14.0. The zero-order valence-corrected chi connectivity index (χ0v) is 12.9. The van der Waals surface area contributed by atoms with Crippen molar-refractivity contribution >= 4 is 33.9 Å². The van der Waals surface area contributed by atoms with Crippen LogP contribution in [0.3, 0.4) is 0 Å². The molecule has 0 atom stereocenters. The number of aromatic nitrogens is 2. The van der Waals surface area contributed by atoms with Crippen LogP contribution in [-0.2, 0) is 4.74 Å². The van der Waals surface area contributed by atoms with Gasteiger partial charge in [-0.15, -0.1) is 0 Å². The number of esters is 1. The van der Waals surface area contributed by atoms with Crippen molar-refractivity contribution in [2.24, 2.45) is 0 Å². The smallest absolute Gasteiger partial charge is 0.376 e. The molecule has 0 saturated carbocycles. The summed E-state index contributed by atoms with van der Waals surface area (Å²) in [6, 6.07) is 7.69. The minimum absolute atomic E-state index is 0.0906. The molecular formula is C17H17N3O3. The van der Waals surface area contributed by atoms with E-state index in [4.69, 9.17) is 9.15 Å². The molecule has 1 saturated heterocycles. The Labute approximate surface area is 133 Å². The molecule has 1 fully saturated rings. The van der Waals surface area contributed by atoms with Crippen LogP contribution < -0.4 is 4.90 Å². The fraction of sp³-hybridized carbons (Fsp3) is 0.353. The molecule has 0 aliphatic carbocycles. The van der Waals surface area contributed by atoms with Crippen LogP contribution in [0.1, 0.15) is 30.4 Å². The second-order valence-corrected chi connectivity index (χ2v) is 5.56. The van der Waals surface area contributed by atoms with Gasteiger partial charge < -0.3 is 14.1 Å². The summed E-state index contributed by atoms with van der Waals surface area (Å²) >= 11 is 0. The number of rotatable bonds is 3. The van der Waals surface area contributed by atoms with Crippen molar-refractivity contribution in [1.29, 1.82) is 0 Å². The van der Waals surface area contributed by atoms with Gasteiger partial charge in [-0.1, -0.05) is 12.1 Å². The highest BCUT2D eigenvalue weighted by Gasteiger charge is 2.24. The molecular weight excluding hydrogens is 294 g/mol. The topological polar surface area (TPSA) is 68.5 Å². The molecule has 0 bridgehead atoms. The van der Waals surface area contributed by atoms with Gasteiger partial charge in [0.25, 0.3) is 0 Å². The van der Waals surface area contributed by atoms with Crippen LogP contribution in [0.15, 0.2) is 28.7 Å². The van der Waals surface area contributed by atoms with E-state index in [2.05, 4.69) is 14.9 Å². The molecule has 6 nitrogen and oxygen atoms in total. The molecule has 1 aromatic carbocycles. The molecule has 1 aliphatic rings. The monoisotopic (exact) mass is 311 g/mol. The summed E-state index contributed by atoms with van der Waals surface area (Å²) in [5, 5.41) is 0.885. The number of para-hydroxylation sites is 1. The van der Waals surface area contributed by atoms with Crippen LogP contribution in [0.25, 0.3) is 22.1 Å². The average molecular weight is 311 g/mol. The maximum Gasteiger partial charge on any atom is 0.376 e. The molecule has 3 aromatic rings. The second-order valence-electron chi connectivity index (χ2n) is 5.56. The first-order chi connectivity index (χ1) is 11.3. The summed E-state index contributed by atoms with van der Waals surface area (Å²) in [6.45, 7) is 3.88. The van der Waals surface area contributed by atoms with Crippen LogP contribution in [0, 0.1) is 0 Å². The number of anilines is 1. The van der Waals surface area contributed by atoms with Gasteiger partial charge in [0.2, 0.25) is 5.82 Å². The molecule has 6 heteroatoms. The third kappa shape index (κ3) is 2.30. The van der Waals surface area contributed by atoms with Crippen molar-refractivity contribution in [3.05, 3.63) is 30.1 Å². The summed E-state index contributed by atoms with van der Waals surface area (Å²) in [6.07, 6.45) is 2.22. The van der Waals surface area contributed by atoms with E-state index < -0.39 is 5.97 Å². The standard InChI is InChI=1S/C17H17N3O3/c1-2-22-17(21)15-18-13-11-7-3-4-8-12(11)23-14(13)16(19-15)20-9-5-6-10-20/h3-4,7-8H,2,5-6,9-10H2,1H3. The Balaban J connectivity index is 1.98. The largest absolute Gasteiger partial charge is 0.460 e. The summed E-state index contributed by atoms with van der Waals surface area (Å²) in [4.78, 5) is 23.1. The zero-order valence-electron chi connectivity index (χ0n) is 12.9. The van der Waals surface area contributed by atoms with Gasteiger partial charge in [-0.05, 0) is 31.9 Å². The molecule has 1 aliphatic heterocycles. The third-order valence-electron chi connectivity index (χ3n) is 4.07. The number of furan rings is 1. The van der Waals surface area contributed by atoms with Gasteiger partial charge >= 0.3 is 5.97 Å². The number of carbonyl (C=O) groups excluding carboxylic acids is 1. The van der Waals surface area contributed by atoms with Crippen molar-refractivity contribution in [2.45, 2.75) is 19.8 Å². The second kappa shape index (κ2) is 5.53. The Kier molecular flexibility index (Phi) is 3.37. The SMILES string of the molecule is CCOC(=O)c1nc(N2CCCC2)c2oc3ccccc3c2n1. The molecule has 118 valence electrons. The number of ether oxygens (including phenoxy) is 1. The Morgan fingerprint density at radius 1 is 1.26 bits per heavy atom. The fourth-order valence-corrected chi connectivity index (χ4v) is 3.01. The van der Waals surface area contributed by atoms with Gasteiger partial charge in [0, 0.05) is 18.5 Å². The van der Waals surface area contributed by atoms with E-state index in [0.717, 1.165) is 36.9 Å². The number of hydrogen-bond acceptors (Lipinski definition) is 6. The lowest BCUT2D eigenvalue weighted by molar-refractivity contribution is 0.0512. The van der Waals surface area contributed by atoms with Gasteiger partial charge in [0.05, 0.1) is 6.61 Å². The van der Waals surface area contributed by atoms with E-state index in [0.29, 0.717) is 23.5 Å². The van der Waals surface area contributed by atoms with E-state index >= 15 is 0 Å². The predicted molar refractivity (Wildman–Crippen MR) is 86.7 cm³/mol. The highest BCUT2D eigenvalue weighted by Crippen LogP contribution is 2.34. The molecule has 0 N–H and O–H groups in total. The van der Waals surface area contributed by atoms with Crippen molar-refractivity contribution in [3.8, 4) is 0 Å². The van der Waals surface area contributed by atoms with E-state index in [-0.39, 0.29) is 5.82 Å². The molecule has 4 rings (SSSR count). The number of benzene rings is 1. The molecule has 0 unspecified atom stereocenters. The lowest BCUT2D eigenvalue weighted by atomic mass is 10.2. The van der Waals surface area contributed by atoms with E-state index in [1.165, 1.54) is 0 Å². The van der Waals surface area contributed by atoms with Crippen LogP contribution in [0.4, 0.5) is 5.82 Å². The molecule has 3 heterocycles. The Hall–Kier alpha value is -2.63. The molecule has 23 heavy (non-hydrogen) atoms. The minimum atomic E-state index is -0.500. The lowest BCUT2D eigenvalue weighted by Crippen LogP contribution is -2.21. The summed E-state index contributed by atoms with van der Waals surface area (Å²) in [7, 11) is 0. The van der Waals surface area contributed by atoms with Crippen molar-refractivity contribution in [2.75, 3.05) is 24.6 Å². The third-order valence-corrected chi connectivity index (χ3v) is 4.07. The van der Waals surface area contributed by atoms with Crippen LogP contribution in [0.2, 0.25) is 0 Å². The predicted octanol–water partition coefficient (Wildman–Crippen LogP) is 3.15. The van der Waals surface area contributed by atoms with Crippen LogP contribution in [0.5, 0.6) is 0 Å². The lowest BCUT2D eigenvalue weighted by Gasteiger charge is -2.16. The average Bonchev–Trinajstić information content (AvgIpc) is 3.22. The Bertz CT molecular complexity index is 881. The van der Waals surface area contributed by atoms with Gasteiger partial charge in [-0.25, -0.2) is 14.8 Å². The normalized spacial score (nSPS) is 14.7. The van der Waals surface area contributed by atoms with E-state index in [1.54, 1.807) is 6.92 Å². The highest BCUT2D eigenvalue weighted by molar-refractivity contribution is 6.07. The van der Waals surface area contributed by atoms with Crippen molar-refractivity contribution < 1.29 is 13.9 Å². The molecule has 0 amide bonds. The number of hydrogen-bond donors (Lipinski definition) is 0. The van der Waals surface area contributed by atoms with Crippen molar-refractivity contribution in [1.82, 2.24) is 9.97 Å². The van der Waals surface area contributed by atoms with Crippen molar-refractivity contribution in [3.63, 3.8) is 0 Å². The first-order valence-corrected chi connectivity index (χ1v) is 7.89. The quantitative estimate of drug-likeness (QED) is 0.692. The Morgan fingerprint density at radius 3 is 2.83 bits per heavy atom. The number of carbonyl (C=O) groups is 1. The number of fused-ring (bicyclic) bond motifs is 3. The van der Waals surface area contributed by atoms with E-state index in [1.807, 2.05) is 24.3 Å². The van der Waals surface area contributed by atoms with Gasteiger partial charge in [0.1, 0.15) is 11.1 Å². The van der Waals surface area contributed by atoms with Gasteiger partial charge in [-0.3, -0.25) is 0 Å². The summed E-state index contributed by atoms with van der Waals surface area (Å²) < 4.78 is 11.0. The zero-order chi connectivity index (χ0) is 15.8. The first-order valence-electron chi connectivity index (χ1n) is 7.89. The van der Waals surface area contributed by atoms with Gasteiger partial charge in [-0.2, -0.15) is 0 Å². The summed E-state index contributed by atoms with van der Waals surface area (Å²) in [5.41, 5.74) is 2.06. The molecule has 2 aromatic heterocycles. The number of nitrogens with zero attached hydrogens (tertiary/aromatic N) is 3. The highest BCUT2D eigenvalue weighted by atomic mass is 16.5. The summed E-state index contributed by atoms with van der Waals surface area (Å²) in [5.74, 6) is 0.277. The van der Waals surface area contributed by atoms with Gasteiger partial charge in [0.15, 0.2) is 11.4 Å².